The van der Waals surface area contributed by atoms with Gasteiger partial charge < -0.3 is 14.8 Å². The number of aliphatic hydroxyl groups excluding tert-OH is 1. The summed E-state index contributed by atoms with van der Waals surface area (Å²) < 4.78 is 5.33. The van der Waals surface area contributed by atoms with E-state index in [0.717, 1.165) is 5.56 Å². The van der Waals surface area contributed by atoms with Crippen LogP contribution in [0.2, 0.25) is 0 Å². The van der Waals surface area contributed by atoms with E-state index >= 15 is 0 Å². The number of carbonyl (C=O) groups is 1. The van der Waals surface area contributed by atoms with Crippen molar-refractivity contribution < 1.29 is 14.3 Å². The summed E-state index contributed by atoms with van der Waals surface area (Å²) >= 11 is 0. The molecule has 0 saturated heterocycles. The second kappa shape index (κ2) is 5.71. The van der Waals surface area contributed by atoms with Gasteiger partial charge >= 0.3 is 0 Å². The summed E-state index contributed by atoms with van der Waals surface area (Å²) in [5.74, 6) is 1.04. The first kappa shape index (κ1) is 13.4. The van der Waals surface area contributed by atoms with E-state index in [1.54, 1.807) is 19.9 Å². The topological polar surface area (TPSA) is 62.5 Å². The number of rotatable bonds is 4. The van der Waals surface area contributed by atoms with Crippen molar-refractivity contribution in [2.75, 3.05) is 6.61 Å². The van der Waals surface area contributed by atoms with Crippen LogP contribution in [0.4, 0.5) is 0 Å². The Balaban J connectivity index is 2.15. The average molecular weight is 259 g/mol. The molecule has 1 atom stereocenters. The van der Waals surface area contributed by atoms with Crippen LogP contribution in [0.3, 0.4) is 0 Å². The Kier molecular flexibility index (Phi) is 4.02. The van der Waals surface area contributed by atoms with Crippen LogP contribution in [-0.2, 0) is 0 Å². The summed E-state index contributed by atoms with van der Waals surface area (Å²) in [4.78, 5) is 12.1. The van der Waals surface area contributed by atoms with Gasteiger partial charge in [-0.25, -0.2) is 0 Å². The number of carbonyl (C=O) groups excluding carboxylic acids is 1. The molecule has 1 aromatic carbocycles. The van der Waals surface area contributed by atoms with E-state index in [9.17, 15) is 9.90 Å². The molecule has 0 radical (unpaired) electrons. The molecule has 0 bridgehead atoms. The van der Waals surface area contributed by atoms with Crippen LogP contribution in [0.5, 0.6) is 0 Å². The number of furan rings is 1. The maximum atomic E-state index is 12.1. The van der Waals surface area contributed by atoms with Crippen molar-refractivity contribution in [2.24, 2.45) is 0 Å². The van der Waals surface area contributed by atoms with Gasteiger partial charge in [-0.15, -0.1) is 0 Å². The quantitative estimate of drug-likeness (QED) is 0.886. The monoisotopic (exact) mass is 259 g/mol. The highest BCUT2D eigenvalue weighted by Crippen LogP contribution is 2.16. The highest BCUT2D eigenvalue weighted by atomic mass is 16.3. The highest BCUT2D eigenvalue weighted by molar-refractivity contribution is 5.95. The van der Waals surface area contributed by atoms with Gasteiger partial charge in [0.2, 0.25) is 0 Å². The number of benzene rings is 1. The van der Waals surface area contributed by atoms with Gasteiger partial charge in [0.1, 0.15) is 11.5 Å². The van der Waals surface area contributed by atoms with Gasteiger partial charge in [-0.1, -0.05) is 30.3 Å². The SMILES string of the molecule is Cc1cc(C(=O)N[C@H](CO)c2ccccc2)c(C)o1. The predicted octanol–water partition coefficient (Wildman–Crippen LogP) is 2.36. The molecular weight excluding hydrogens is 242 g/mol. The Bertz CT molecular complexity index is 560. The molecule has 0 aliphatic rings. The molecule has 1 amide bonds. The van der Waals surface area contributed by atoms with E-state index in [2.05, 4.69) is 5.32 Å². The van der Waals surface area contributed by atoms with Gasteiger partial charge in [0, 0.05) is 0 Å². The fourth-order valence-electron chi connectivity index (χ4n) is 2.01. The molecule has 1 heterocycles. The molecule has 2 N–H and O–H groups in total. The molecule has 2 rings (SSSR count). The van der Waals surface area contributed by atoms with E-state index in [4.69, 9.17) is 4.42 Å². The van der Waals surface area contributed by atoms with Crippen molar-refractivity contribution >= 4 is 5.91 Å². The molecule has 2 aromatic rings. The van der Waals surface area contributed by atoms with Crippen LogP contribution in [0.1, 0.15) is 33.5 Å². The summed E-state index contributed by atoms with van der Waals surface area (Å²) in [6.45, 7) is 3.40. The number of aliphatic hydroxyl groups is 1. The van der Waals surface area contributed by atoms with Crippen LogP contribution in [0.15, 0.2) is 40.8 Å². The summed E-state index contributed by atoms with van der Waals surface area (Å²) in [7, 11) is 0. The minimum Gasteiger partial charge on any atom is -0.466 e. The molecule has 0 aliphatic heterocycles. The maximum Gasteiger partial charge on any atom is 0.255 e. The lowest BCUT2D eigenvalue weighted by atomic mass is 10.1. The zero-order chi connectivity index (χ0) is 13.8. The van der Waals surface area contributed by atoms with E-state index in [0.29, 0.717) is 17.1 Å². The second-order valence-corrected chi connectivity index (χ2v) is 4.45. The summed E-state index contributed by atoms with van der Waals surface area (Å²) in [5.41, 5.74) is 1.38. The van der Waals surface area contributed by atoms with Gasteiger partial charge in [-0.05, 0) is 25.5 Å². The lowest BCUT2D eigenvalue weighted by molar-refractivity contribution is 0.0914. The van der Waals surface area contributed by atoms with Crippen molar-refractivity contribution in [1.29, 1.82) is 0 Å². The van der Waals surface area contributed by atoms with Crippen LogP contribution < -0.4 is 5.32 Å². The second-order valence-electron chi connectivity index (χ2n) is 4.45. The van der Waals surface area contributed by atoms with Gasteiger partial charge in [-0.3, -0.25) is 4.79 Å². The number of amides is 1. The number of nitrogens with one attached hydrogen (secondary N) is 1. The van der Waals surface area contributed by atoms with Gasteiger partial charge in [0.15, 0.2) is 0 Å². The largest absolute Gasteiger partial charge is 0.466 e. The van der Waals surface area contributed by atoms with Gasteiger partial charge in [-0.2, -0.15) is 0 Å². The van der Waals surface area contributed by atoms with Crippen LogP contribution in [-0.4, -0.2) is 17.6 Å². The highest BCUT2D eigenvalue weighted by Gasteiger charge is 2.18. The lowest BCUT2D eigenvalue weighted by Crippen LogP contribution is -2.30. The lowest BCUT2D eigenvalue weighted by Gasteiger charge is -2.16. The molecule has 0 spiro atoms. The third-order valence-electron chi connectivity index (χ3n) is 2.98. The molecule has 100 valence electrons. The first-order chi connectivity index (χ1) is 9.11. The number of aryl methyl sites for hydroxylation is 2. The molecule has 0 saturated carbocycles. The first-order valence-corrected chi connectivity index (χ1v) is 6.15. The number of hydrogen-bond donors (Lipinski definition) is 2. The summed E-state index contributed by atoms with van der Waals surface area (Å²) in [5, 5.41) is 12.2. The molecule has 0 unspecified atom stereocenters. The minimum atomic E-state index is -0.414. The van der Waals surface area contributed by atoms with E-state index in [1.165, 1.54) is 0 Å². The molecule has 19 heavy (non-hydrogen) atoms. The Labute approximate surface area is 112 Å². The molecule has 0 fully saturated rings. The Morgan fingerprint density at radius 1 is 1.32 bits per heavy atom. The van der Waals surface area contributed by atoms with Crippen LogP contribution in [0.25, 0.3) is 0 Å². The maximum absolute atomic E-state index is 12.1. The fourth-order valence-corrected chi connectivity index (χ4v) is 2.01. The Morgan fingerprint density at radius 3 is 2.53 bits per heavy atom. The van der Waals surface area contributed by atoms with Crippen molar-refractivity contribution in [2.45, 2.75) is 19.9 Å². The predicted molar refractivity (Wildman–Crippen MR) is 71.9 cm³/mol. The van der Waals surface area contributed by atoms with Crippen molar-refractivity contribution in [3.8, 4) is 0 Å². The standard InChI is InChI=1S/C15H17NO3/c1-10-8-13(11(2)19-10)15(18)16-14(9-17)12-6-4-3-5-7-12/h3-8,14,17H,9H2,1-2H3,(H,16,18)/t14-/m1/s1. The van der Waals surface area contributed by atoms with Crippen LogP contribution >= 0.6 is 0 Å². The van der Waals surface area contributed by atoms with E-state index in [1.807, 2.05) is 30.3 Å². The smallest absolute Gasteiger partial charge is 0.255 e. The average Bonchev–Trinajstić information content (AvgIpc) is 2.76. The molecular formula is C15H17NO3. The van der Waals surface area contributed by atoms with Crippen LogP contribution in [0, 0.1) is 13.8 Å². The first-order valence-electron chi connectivity index (χ1n) is 6.15. The summed E-state index contributed by atoms with van der Waals surface area (Å²) in [6, 6.07) is 10.7. The zero-order valence-corrected chi connectivity index (χ0v) is 11.0. The normalized spacial score (nSPS) is 12.2. The minimum absolute atomic E-state index is 0.147. The van der Waals surface area contributed by atoms with Crippen molar-refractivity contribution in [3.63, 3.8) is 0 Å². The third kappa shape index (κ3) is 3.03. The van der Waals surface area contributed by atoms with Gasteiger partial charge in [0.05, 0.1) is 18.2 Å². The molecule has 1 aromatic heterocycles. The van der Waals surface area contributed by atoms with Crippen molar-refractivity contribution in [1.82, 2.24) is 5.32 Å². The fraction of sp³-hybridized carbons (Fsp3) is 0.267. The van der Waals surface area contributed by atoms with E-state index < -0.39 is 6.04 Å². The zero-order valence-electron chi connectivity index (χ0n) is 11.0. The Morgan fingerprint density at radius 2 is 2.00 bits per heavy atom. The van der Waals surface area contributed by atoms with Gasteiger partial charge in [0.25, 0.3) is 5.91 Å². The Hall–Kier alpha value is -2.07. The molecule has 0 aliphatic carbocycles. The number of hydrogen-bond acceptors (Lipinski definition) is 3. The summed E-state index contributed by atoms with van der Waals surface area (Å²) in [6.07, 6.45) is 0. The van der Waals surface area contributed by atoms with Crippen molar-refractivity contribution in [3.05, 3.63) is 59.0 Å². The molecule has 4 heteroatoms. The molecule has 4 nitrogen and oxygen atoms in total. The van der Waals surface area contributed by atoms with E-state index in [-0.39, 0.29) is 12.5 Å². The third-order valence-corrected chi connectivity index (χ3v) is 2.98.